The second-order valence-corrected chi connectivity index (χ2v) is 6.04. The minimum atomic E-state index is -0.418. The first-order valence-corrected chi connectivity index (χ1v) is 8.32. The van der Waals surface area contributed by atoms with E-state index in [0.29, 0.717) is 5.56 Å². The van der Waals surface area contributed by atoms with Crippen LogP contribution in [0.4, 0.5) is 5.82 Å². The van der Waals surface area contributed by atoms with Gasteiger partial charge in [-0.3, -0.25) is 14.7 Å². The summed E-state index contributed by atoms with van der Waals surface area (Å²) in [7, 11) is 0. The fourth-order valence-electron chi connectivity index (χ4n) is 2.87. The quantitative estimate of drug-likeness (QED) is 0.901. The van der Waals surface area contributed by atoms with Gasteiger partial charge in [-0.15, -0.1) is 0 Å². The van der Waals surface area contributed by atoms with Gasteiger partial charge in [-0.2, -0.15) is 0 Å². The molecular formula is C18H23N5O. The molecule has 1 aliphatic heterocycles. The molecule has 3 rings (SSSR count). The van der Waals surface area contributed by atoms with Crippen LogP contribution in [0.15, 0.2) is 36.7 Å². The molecule has 0 radical (unpaired) electrons. The number of carbonyl (C=O) groups is 1. The van der Waals surface area contributed by atoms with Crippen LogP contribution in [-0.4, -0.2) is 47.0 Å². The second-order valence-electron chi connectivity index (χ2n) is 6.04. The predicted molar refractivity (Wildman–Crippen MR) is 93.9 cm³/mol. The van der Waals surface area contributed by atoms with Crippen LogP contribution in [0.1, 0.15) is 28.5 Å². The number of piperazine rings is 1. The van der Waals surface area contributed by atoms with Crippen LogP contribution in [0.5, 0.6) is 0 Å². The van der Waals surface area contributed by atoms with E-state index in [0.717, 1.165) is 50.7 Å². The van der Waals surface area contributed by atoms with Crippen molar-refractivity contribution in [2.75, 3.05) is 31.1 Å². The third kappa shape index (κ3) is 3.89. The fraction of sp³-hybridized carbons (Fsp3) is 0.389. The first-order valence-electron chi connectivity index (χ1n) is 8.32. The number of nitrogens with zero attached hydrogens (tertiary/aromatic N) is 4. The molecule has 0 saturated carbocycles. The summed E-state index contributed by atoms with van der Waals surface area (Å²) in [5, 5.41) is 0. The summed E-state index contributed by atoms with van der Waals surface area (Å²) >= 11 is 0. The third-order valence-corrected chi connectivity index (χ3v) is 4.41. The van der Waals surface area contributed by atoms with Crippen LogP contribution in [0.2, 0.25) is 0 Å². The van der Waals surface area contributed by atoms with Crippen LogP contribution < -0.4 is 10.6 Å². The van der Waals surface area contributed by atoms with Crippen LogP contribution in [0.3, 0.4) is 0 Å². The van der Waals surface area contributed by atoms with E-state index in [-0.39, 0.29) is 0 Å². The largest absolute Gasteiger partial charge is 0.366 e. The highest BCUT2D eigenvalue weighted by Crippen LogP contribution is 2.16. The standard InChI is InChI=1S/C18H23N5O/c1-2-14-3-4-16(21-12-14)13-22-7-9-23(10-8-22)17-11-15(18(19)24)5-6-20-17/h3-6,11-12H,2,7-10,13H2,1H3,(H2,19,24). The molecule has 126 valence electrons. The number of anilines is 1. The molecule has 6 nitrogen and oxygen atoms in total. The molecule has 24 heavy (non-hydrogen) atoms. The summed E-state index contributed by atoms with van der Waals surface area (Å²) in [6, 6.07) is 7.68. The lowest BCUT2D eigenvalue weighted by molar-refractivity contribution is 0.1000. The number of rotatable bonds is 5. The monoisotopic (exact) mass is 325 g/mol. The minimum absolute atomic E-state index is 0.418. The molecule has 0 unspecified atom stereocenters. The van der Waals surface area contributed by atoms with Crippen molar-refractivity contribution in [2.24, 2.45) is 5.73 Å². The van der Waals surface area contributed by atoms with Gasteiger partial charge in [-0.25, -0.2) is 4.98 Å². The highest BCUT2D eigenvalue weighted by atomic mass is 16.1. The maximum absolute atomic E-state index is 11.3. The Bertz CT molecular complexity index is 693. The Morgan fingerprint density at radius 1 is 1.17 bits per heavy atom. The van der Waals surface area contributed by atoms with Gasteiger partial charge >= 0.3 is 0 Å². The molecule has 1 aliphatic rings. The third-order valence-electron chi connectivity index (χ3n) is 4.41. The van der Waals surface area contributed by atoms with Crippen molar-refractivity contribution in [3.05, 3.63) is 53.5 Å². The molecule has 0 aliphatic carbocycles. The van der Waals surface area contributed by atoms with Crippen molar-refractivity contribution in [1.82, 2.24) is 14.9 Å². The molecule has 2 N–H and O–H groups in total. The Labute approximate surface area is 142 Å². The fourth-order valence-corrected chi connectivity index (χ4v) is 2.87. The topological polar surface area (TPSA) is 75.3 Å². The molecule has 0 spiro atoms. The van der Waals surface area contributed by atoms with Crippen LogP contribution in [0.25, 0.3) is 0 Å². The average Bonchev–Trinajstić information content (AvgIpc) is 2.63. The summed E-state index contributed by atoms with van der Waals surface area (Å²) < 4.78 is 0. The Morgan fingerprint density at radius 2 is 1.96 bits per heavy atom. The molecule has 0 bridgehead atoms. The number of carbonyl (C=O) groups excluding carboxylic acids is 1. The highest BCUT2D eigenvalue weighted by Gasteiger charge is 2.19. The zero-order chi connectivity index (χ0) is 16.9. The van der Waals surface area contributed by atoms with Gasteiger partial charge in [0.05, 0.1) is 5.69 Å². The minimum Gasteiger partial charge on any atom is -0.366 e. The Balaban J connectivity index is 1.57. The van der Waals surface area contributed by atoms with E-state index in [1.807, 2.05) is 6.20 Å². The molecule has 0 atom stereocenters. The Kier molecular flexibility index (Phi) is 5.05. The zero-order valence-corrected chi connectivity index (χ0v) is 14.0. The number of hydrogen-bond donors (Lipinski definition) is 1. The van der Waals surface area contributed by atoms with E-state index in [4.69, 9.17) is 5.73 Å². The molecule has 2 aromatic rings. The SMILES string of the molecule is CCc1ccc(CN2CCN(c3cc(C(N)=O)ccn3)CC2)nc1. The van der Waals surface area contributed by atoms with E-state index in [9.17, 15) is 4.79 Å². The van der Waals surface area contributed by atoms with Gasteiger partial charge in [-0.05, 0) is 30.2 Å². The van der Waals surface area contributed by atoms with Crippen molar-refractivity contribution >= 4 is 11.7 Å². The molecule has 6 heteroatoms. The van der Waals surface area contributed by atoms with Crippen molar-refractivity contribution in [3.63, 3.8) is 0 Å². The van der Waals surface area contributed by atoms with Crippen LogP contribution >= 0.6 is 0 Å². The van der Waals surface area contributed by atoms with Gasteiger partial charge in [0.1, 0.15) is 5.82 Å². The maximum Gasteiger partial charge on any atom is 0.248 e. The lowest BCUT2D eigenvalue weighted by Gasteiger charge is -2.35. The molecule has 2 aromatic heterocycles. The highest BCUT2D eigenvalue weighted by molar-refractivity contribution is 5.93. The lowest BCUT2D eigenvalue weighted by atomic mass is 10.2. The van der Waals surface area contributed by atoms with Gasteiger partial charge in [0.2, 0.25) is 5.91 Å². The van der Waals surface area contributed by atoms with E-state index in [2.05, 4.69) is 38.8 Å². The first-order chi connectivity index (χ1) is 11.7. The molecule has 1 amide bonds. The zero-order valence-electron chi connectivity index (χ0n) is 14.0. The molecule has 1 fully saturated rings. The summed E-state index contributed by atoms with van der Waals surface area (Å²) in [6.07, 6.45) is 4.62. The Morgan fingerprint density at radius 3 is 2.58 bits per heavy atom. The van der Waals surface area contributed by atoms with Crippen molar-refractivity contribution in [3.8, 4) is 0 Å². The normalized spacial score (nSPS) is 15.5. The molecular weight excluding hydrogens is 302 g/mol. The molecule has 3 heterocycles. The van der Waals surface area contributed by atoms with Crippen molar-refractivity contribution in [1.29, 1.82) is 0 Å². The van der Waals surface area contributed by atoms with Gasteiger partial charge in [0.15, 0.2) is 0 Å². The number of hydrogen-bond acceptors (Lipinski definition) is 5. The average molecular weight is 325 g/mol. The van der Waals surface area contributed by atoms with E-state index in [1.165, 1.54) is 5.56 Å². The van der Waals surface area contributed by atoms with E-state index >= 15 is 0 Å². The Hall–Kier alpha value is -2.47. The van der Waals surface area contributed by atoms with Gasteiger partial charge in [0.25, 0.3) is 0 Å². The summed E-state index contributed by atoms with van der Waals surface area (Å²) in [6.45, 7) is 6.65. The number of primary amides is 1. The van der Waals surface area contributed by atoms with E-state index < -0.39 is 5.91 Å². The summed E-state index contributed by atoms with van der Waals surface area (Å²) in [5.41, 5.74) is 8.22. The van der Waals surface area contributed by atoms with Crippen LogP contribution in [-0.2, 0) is 13.0 Å². The number of amides is 1. The van der Waals surface area contributed by atoms with Crippen molar-refractivity contribution in [2.45, 2.75) is 19.9 Å². The number of nitrogens with two attached hydrogens (primary N) is 1. The smallest absolute Gasteiger partial charge is 0.248 e. The molecule has 1 saturated heterocycles. The summed E-state index contributed by atoms with van der Waals surface area (Å²) in [4.78, 5) is 24.8. The van der Waals surface area contributed by atoms with E-state index in [1.54, 1.807) is 18.3 Å². The lowest BCUT2D eigenvalue weighted by Crippen LogP contribution is -2.46. The second kappa shape index (κ2) is 7.40. The number of aromatic nitrogens is 2. The first kappa shape index (κ1) is 16.4. The maximum atomic E-state index is 11.3. The summed E-state index contributed by atoms with van der Waals surface area (Å²) in [5.74, 6) is 0.398. The van der Waals surface area contributed by atoms with Gasteiger partial charge < -0.3 is 10.6 Å². The van der Waals surface area contributed by atoms with Crippen molar-refractivity contribution < 1.29 is 4.79 Å². The predicted octanol–water partition coefficient (Wildman–Crippen LogP) is 1.46. The molecule has 0 aromatic carbocycles. The van der Waals surface area contributed by atoms with Crippen LogP contribution in [0, 0.1) is 0 Å². The van der Waals surface area contributed by atoms with Gasteiger partial charge in [0, 0.05) is 50.7 Å². The number of pyridine rings is 2. The van der Waals surface area contributed by atoms with Gasteiger partial charge in [-0.1, -0.05) is 13.0 Å². The number of aryl methyl sites for hydroxylation is 1.